The van der Waals surface area contributed by atoms with E-state index in [1.807, 2.05) is 85.4 Å². The quantitative estimate of drug-likeness (QED) is 0.0285. The van der Waals surface area contributed by atoms with E-state index in [0.29, 0.717) is 29.0 Å². The highest BCUT2D eigenvalue weighted by molar-refractivity contribution is 7.44. The Kier molecular flexibility index (Phi) is 14.5. The van der Waals surface area contributed by atoms with E-state index in [9.17, 15) is 10.1 Å². The van der Waals surface area contributed by atoms with Crippen LogP contribution in [0.3, 0.4) is 0 Å². The van der Waals surface area contributed by atoms with Gasteiger partial charge in [-0.25, -0.2) is 9.66 Å². The number of benzene rings is 3. The van der Waals surface area contributed by atoms with Crippen molar-refractivity contribution in [2.45, 2.75) is 76.7 Å². The number of aliphatic imine (C=N–C) groups is 1. The average molecular weight is 824 g/mol. The molecule has 0 aliphatic carbocycles. The molecule has 3 aromatic carbocycles. The van der Waals surface area contributed by atoms with Crippen molar-refractivity contribution in [1.29, 1.82) is 5.26 Å². The second-order valence-electron chi connectivity index (χ2n) is 14.9. The van der Waals surface area contributed by atoms with Gasteiger partial charge in [-0.05, 0) is 74.7 Å². The highest BCUT2D eigenvalue weighted by Gasteiger charge is 2.45. The van der Waals surface area contributed by atoms with Gasteiger partial charge in [0, 0.05) is 38.8 Å². The monoisotopic (exact) mass is 823 g/mol. The molecule has 6 rings (SSSR count). The maximum Gasteiger partial charge on any atom is 0.261 e. The van der Waals surface area contributed by atoms with Gasteiger partial charge in [0.2, 0.25) is 5.95 Å². The van der Waals surface area contributed by atoms with E-state index < -0.39 is 32.6 Å². The molecule has 1 aliphatic heterocycles. The van der Waals surface area contributed by atoms with Crippen molar-refractivity contribution < 1.29 is 28.0 Å². The molecule has 14 nitrogen and oxygen atoms in total. The molecule has 0 saturated carbocycles. The van der Waals surface area contributed by atoms with Gasteiger partial charge >= 0.3 is 0 Å². The number of nitrogens with zero attached hydrogens (tertiary/aromatic N) is 6. The molecular formula is C44H54N7O7P. The van der Waals surface area contributed by atoms with Crippen LogP contribution in [0.4, 0.5) is 5.95 Å². The van der Waals surface area contributed by atoms with Crippen molar-refractivity contribution in [3.63, 3.8) is 0 Å². The minimum atomic E-state index is -1.65. The number of rotatable bonds is 19. The van der Waals surface area contributed by atoms with Crippen LogP contribution in [0.25, 0.3) is 11.0 Å². The zero-order valence-corrected chi connectivity index (χ0v) is 35.8. The third-order valence-corrected chi connectivity index (χ3v) is 12.2. The molecule has 312 valence electrons. The van der Waals surface area contributed by atoms with Crippen molar-refractivity contribution in [3.05, 3.63) is 118 Å². The lowest BCUT2D eigenvalue weighted by Gasteiger charge is -2.39. The Bertz CT molecular complexity index is 2180. The van der Waals surface area contributed by atoms with Gasteiger partial charge in [-0.15, -0.1) is 0 Å². The van der Waals surface area contributed by atoms with Gasteiger partial charge in [0.05, 0.1) is 57.8 Å². The third-order valence-electron chi connectivity index (χ3n) is 10.00. The Morgan fingerprint density at radius 1 is 0.966 bits per heavy atom. The lowest BCUT2D eigenvalue weighted by molar-refractivity contribution is -0.0911. The van der Waals surface area contributed by atoms with Gasteiger partial charge in [-0.1, -0.05) is 54.6 Å². The molecule has 0 bridgehead atoms. The summed E-state index contributed by atoms with van der Waals surface area (Å²) in [6.07, 6.45) is 2.23. The molecule has 3 heterocycles. The third kappa shape index (κ3) is 9.85. The topological polar surface area (TPSA) is 149 Å². The second kappa shape index (κ2) is 19.7. The van der Waals surface area contributed by atoms with Crippen molar-refractivity contribution in [3.8, 4) is 17.6 Å². The fraction of sp³-hybridized carbons (Fsp3) is 0.409. The standard InChI is InChI=1S/C44H54N7O7P/c1-30(2)51(31(3)4)59(56-26-12-24-45)58-38-27-40(50-25-23-37-41(50)47-43(48-42(37)52)46-29-49(5)6)57-39(38)28-55-44(32-13-10-9-11-14-32,33-15-19-35(53-7)20-16-33)34-17-21-36(54-8)22-18-34/h9-11,13-23,25,29-31,38-40H,12,26-28H2,1-8H3,(H,47,48,52)/b46-29+/t38-,39+,40+,59?/m0/s1. The molecule has 1 N–H and O–H groups in total. The summed E-state index contributed by atoms with van der Waals surface area (Å²) in [6.45, 7) is 8.71. The average Bonchev–Trinajstić information content (AvgIpc) is 3.85. The summed E-state index contributed by atoms with van der Waals surface area (Å²) in [5, 5.41) is 9.81. The summed E-state index contributed by atoms with van der Waals surface area (Å²) >= 11 is 0. The van der Waals surface area contributed by atoms with Gasteiger partial charge < -0.3 is 37.5 Å². The number of aromatic nitrogens is 3. The maximum absolute atomic E-state index is 13.2. The highest BCUT2D eigenvalue weighted by atomic mass is 31.2. The highest BCUT2D eigenvalue weighted by Crippen LogP contribution is 2.51. The van der Waals surface area contributed by atoms with Crippen LogP contribution in [-0.4, -0.2) is 96.3 Å². The smallest absolute Gasteiger partial charge is 0.261 e. The van der Waals surface area contributed by atoms with Crippen LogP contribution in [0.5, 0.6) is 11.5 Å². The van der Waals surface area contributed by atoms with Crippen molar-refractivity contribution >= 4 is 31.8 Å². The molecular weight excluding hydrogens is 769 g/mol. The Labute approximate surface area is 347 Å². The molecule has 59 heavy (non-hydrogen) atoms. The van der Waals surface area contributed by atoms with E-state index in [0.717, 1.165) is 16.7 Å². The predicted molar refractivity (Wildman–Crippen MR) is 229 cm³/mol. The molecule has 15 heteroatoms. The molecule has 1 aliphatic rings. The molecule has 1 unspecified atom stereocenters. The summed E-state index contributed by atoms with van der Waals surface area (Å²) in [5.74, 6) is 1.60. The Balaban J connectivity index is 1.45. The maximum atomic E-state index is 13.2. The first kappa shape index (κ1) is 43.4. The Morgan fingerprint density at radius 3 is 2.14 bits per heavy atom. The number of H-pyrrole nitrogens is 1. The van der Waals surface area contributed by atoms with E-state index in [4.69, 9.17) is 33.0 Å². The number of hydrogen-bond acceptors (Lipinski definition) is 11. The number of fused-ring (bicyclic) bond motifs is 1. The van der Waals surface area contributed by atoms with Crippen molar-refractivity contribution in [2.75, 3.05) is 41.5 Å². The summed E-state index contributed by atoms with van der Waals surface area (Å²) in [4.78, 5) is 26.8. The van der Waals surface area contributed by atoms with Crippen LogP contribution >= 0.6 is 8.53 Å². The Morgan fingerprint density at radius 2 is 1.58 bits per heavy atom. The molecule has 5 aromatic rings. The molecule has 0 amide bonds. The largest absolute Gasteiger partial charge is 0.497 e. The first-order valence-corrected chi connectivity index (χ1v) is 20.8. The Hall–Kier alpha value is -5.13. The van der Waals surface area contributed by atoms with E-state index in [1.54, 1.807) is 37.7 Å². The number of hydrogen-bond donors (Lipinski definition) is 1. The molecule has 1 fully saturated rings. The molecule has 2 aromatic heterocycles. The van der Waals surface area contributed by atoms with Crippen LogP contribution < -0.4 is 15.0 Å². The summed E-state index contributed by atoms with van der Waals surface area (Å²) in [7, 11) is 5.31. The van der Waals surface area contributed by atoms with Crippen LogP contribution in [-0.2, 0) is 24.1 Å². The van der Waals surface area contributed by atoms with Crippen molar-refractivity contribution in [1.82, 2.24) is 24.1 Å². The summed E-state index contributed by atoms with van der Waals surface area (Å²) in [6, 6.07) is 29.9. The predicted octanol–water partition coefficient (Wildman–Crippen LogP) is 7.92. The van der Waals surface area contributed by atoms with Gasteiger partial charge in [0.15, 0.2) is 5.65 Å². The van der Waals surface area contributed by atoms with E-state index >= 15 is 0 Å². The van der Waals surface area contributed by atoms with E-state index in [-0.39, 0.29) is 43.2 Å². The normalized spacial score (nSPS) is 17.6. The number of ether oxygens (including phenoxy) is 4. The van der Waals surface area contributed by atoms with Crippen molar-refractivity contribution in [2.24, 2.45) is 4.99 Å². The minimum Gasteiger partial charge on any atom is -0.497 e. The SMILES string of the molecule is COc1ccc(C(OC[C@H]2O[C@@H](n3ccc4c(=O)[nH]c(/N=C/N(C)C)nc43)C[C@@H]2OP(OCCC#N)N(C(C)C)C(C)C)(c2ccccc2)c2ccc(OC)cc2)cc1. The summed E-state index contributed by atoms with van der Waals surface area (Å²) < 4.78 is 42.9. The fourth-order valence-electron chi connectivity index (χ4n) is 7.32. The van der Waals surface area contributed by atoms with Gasteiger partial charge in [0.25, 0.3) is 14.1 Å². The molecule has 0 spiro atoms. The van der Waals surface area contributed by atoms with Crippen LogP contribution in [0.15, 0.2) is 101 Å². The lowest BCUT2D eigenvalue weighted by Crippen LogP contribution is -2.39. The minimum absolute atomic E-state index is 0.0809. The lowest BCUT2D eigenvalue weighted by atomic mass is 9.80. The summed E-state index contributed by atoms with van der Waals surface area (Å²) in [5.41, 5.74) is 1.66. The zero-order chi connectivity index (χ0) is 42.1. The number of methoxy groups -OCH3 is 2. The molecule has 1 saturated heterocycles. The van der Waals surface area contributed by atoms with Gasteiger partial charge in [0.1, 0.15) is 29.4 Å². The number of aromatic amines is 1. The number of nitrogens with one attached hydrogen (secondary N) is 1. The fourth-order valence-corrected chi connectivity index (χ4v) is 9.08. The second-order valence-corrected chi connectivity index (χ2v) is 16.3. The van der Waals surface area contributed by atoms with Crippen LogP contribution in [0.1, 0.15) is 63.5 Å². The van der Waals surface area contributed by atoms with E-state index in [2.05, 4.69) is 60.5 Å². The first-order valence-electron chi connectivity index (χ1n) is 19.7. The molecule has 4 atom stereocenters. The van der Waals surface area contributed by atoms with E-state index in [1.165, 1.54) is 0 Å². The zero-order valence-electron chi connectivity index (χ0n) is 34.9. The number of nitriles is 1. The van der Waals surface area contributed by atoms with Crippen LogP contribution in [0.2, 0.25) is 0 Å². The van der Waals surface area contributed by atoms with Crippen LogP contribution in [0, 0.1) is 11.3 Å². The van der Waals surface area contributed by atoms with Gasteiger partial charge in [-0.3, -0.25) is 9.78 Å². The van der Waals surface area contributed by atoms with Gasteiger partial charge in [-0.2, -0.15) is 10.2 Å². The first-order chi connectivity index (χ1) is 28.5. The molecule has 0 radical (unpaired) electrons.